The van der Waals surface area contributed by atoms with Crippen LogP contribution in [0.5, 0.6) is 0 Å². The second-order valence-electron chi connectivity index (χ2n) is 7.76. The van der Waals surface area contributed by atoms with Crippen LogP contribution in [-0.4, -0.2) is 9.55 Å². The summed E-state index contributed by atoms with van der Waals surface area (Å²) in [7, 11) is 0. The highest BCUT2D eigenvalue weighted by Gasteiger charge is 2.20. The highest BCUT2D eigenvalue weighted by molar-refractivity contribution is 7.99. The Morgan fingerprint density at radius 3 is 2.48 bits per heavy atom. The third kappa shape index (κ3) is 4.64. The second-order valence-corrected chi connectivity index (χ2v) is 8.83. The monoisotopic (exact) mass is 384 g/mol. The number of aryl methyl sites for hydroxylation is 2. The van der Waals surface area contributed by atoms with E-state index < -0.39 is 0 Å². The first kappa shape index (κ1) is 19.7. The first-order valence-electron chi connectivity index (χ1n) is 9.65. The van der Waals surface area contributed by atoms with E-state index in [1.807, 2.05) is 13.8 Å². The third-order valence-electron chi connectivity index (χ3n) is 5.01. The Balaban J connectivity index is 2.05. The molecule has 1 aliphatic rings. The zero-order chi connectivity index (χ0) is 19.6. The van der Waals surface area contributed by atoms with Crippen molar-refractivity contribution in [1.29, 1.82) is 0 Å². The lowest BCUT2D eigenvalue weighted by Gasteiger charge is -2.19. The molecule has 2 aromatic rings. The van der Waals surface area contributed by atoms with E-state index >= 15 is 0 Å². The summed E-state index contributed by atoms with van der Waals surface area (Å²) in [6.45, 7) is 8.77. The molecule has 5 heteroatoms. The Morgan fingerprint density at radius 2 is 1.89 bits per heavy atom. The van der Waals surface area contributed by atoms with Crippen LogP contribution in [0.4, 0.5) is 0 Å². The molecule has 0 fully saturated rings. The van der Waals surface area contributed by atoms with Gasteiger partial charge in [-0.1, -0.05) is 43.8 Å². The normalized spacial score (nSPS) is 16.4. The SMILES string of the molecule is Cc1cc(C)cc(Sc2c(C(C)C)c(=O)[nH]c(=O)n2CCC2C=CCC2)c1. The van der Waals surface area contributed by atoms with Gasteiger partial charge in [0.25, 0.3) is 5.56 Å². The minimum absolute atomic E-state index is 0.0420. The summed E-state index contributed by atoms with van der Waals surface area (Å²) in [5.41, 5.74) is 2.48. The van der Waals surface area contributed by atoms with Crippen LogP contribution >= 0.6 is 11.8 Å². The fourth-order valence-corrected chi connectivity index (χ4v) is 5.16. The van der Waals surface area contributed by atoms with E-state index in [0.29, 0.717) is 18.0 Å². The molecule has 1 unspecified atom stereocenters. The van der Waals surface area contributed by atoms with Crippen molar-refractivity contribution in [2.75, 3.05) is 0 Å². The molecular weight excluding hydrogens is 356 g/mol. The molecule has 1 N–H and O–H groups in total. The molecule has 0 saturated heterocycles. The highest BCUT2D eigenvalue weighted by atomic mass is 32.2. The molecule has 4 nitrogen and oxygen atoms in total. The van der Waals surface area contributed by atoms with E-state index in [-0.39, 0.29) is 17.2 Å². The van der Waals surface area contributed by atoms with Crippen LogP contribution in [0.25, 0.3) is 0 Å². The number of allylic oxidation sites excluding steroid dienone is 2. The van der Waals surface area contributed by atoms with Crippen molar-refractivity contribution in [3.63, 3.8) is 0 Å². The molecule has 3 rings (SSSR count). The molecule has 0 amide bonds. The van der Waals surface area contributed by atoms with E-state index in [2.05, 4.69) is 49.2 Å². The van der Waals surface area contributed by atoms with Gasteiger partial charge in [-0.15, -0.1) is 0 Å². The van der Waals surface area contributed by atoms with Gasteiger partial charge in [0, 0.05) is 11.4 Å². The standard InChI is InChI=1S/C22H28N2O2S/c1-14(2)19-20(25)23-22(26)24(10-9-17-7-5-6-8-17)21(19)27-18-12-15(3)11-16(4)13-18/h5,7,11-14,17H,6,8-10H2,1-4H3,(H,23,25,26). The van der Waals surface area contributed by atoms with Crippen LogP contribution in [0.15, 0.2) is 49.9 Å². The number of nitrogens with one attached hydrogen (secondary N) is 1. The quantitative estimate of drug-likeness (QED) is 0.576. The smallest absolute Gasteiger partial charge is 0.287 e. The highest BCUT2D eigenvalue weighted by Crippen LogP contribution is 2.33. The van der Waals surface area contributed by atoms with Crippen molar-refractivity contribution in [2.24, 2.45) is 5.92 Å². The second kappa shape index (κ2) is 8.34. The van der Waals surface area contributed by atoms with E-state index in [1.54, 1.807) is 4.57 Å². The molecule has 0 aliphatic heterocycles. The molecule has 0 saturated carbocycles. The first-order valence-corrected chi connectivity index (χ1v) is 10.5. The summed E-state index contributed by atoms with van der Waals surface area (Å²) < 4.78 is 1.77. The summed E-state index contributed by atoms with van der Waals surface area (Å²) in [6, 6.07) is 6.35. The lowest BCUT2D eigenvalue weighted by atomic mass is 10.0. The Hall–Kier alpha value is -2.01. The van der Waals surface area contributed by atoms with Crippen LogP contribution in [0.2, 0.25) is 0 Å². The molecule has 1 heterocycles. The lowest BCUT2D eigenvalue weighted by molar-refractivity contribution is 0.473. The van der Waals surface area contributed by atoms with Crippen LogP contribution in [0.3, 0.4) is 0 Å². The van der Waals surface area contributed by atoms with Gasteiger partial charge in [-0.3, -0.25) is 14.3 Å². The maximum Gasteiger partial charge on any atom is 0.329 e. The molecule has 1 aromatic heterocycles. The number of aromatic amines is 1. The number of nitrogens with zero attached hydrogens (tertiary/aromatic N) is 1. The van der Waals surface area contributed by atoms with Crippen molar-refractivity contribution in [2.45, 2.75) is 69.3 Å². The zero-order valence-electron chi connectivity index (χ0n) is 16.5. The van der Waals surface area contributed by atoms with Crippen molar-refractivity contribution in [1.82, 2.24) is 9.55 Å². The van der Waals surface area contributed by atoms with E-state index in [0.717, 1.165) is 29.2 Å². The Morgan fingerprint density at radius 1 is 1.19 bits per heavy atom. The van der Waals surface area contributed by atoms with Crippen LogP contribution in [0.1, 0.15) is 55.7 Å². The summed E-state index contributed by atoms with van der Waals surface area (Å²) in [6.07, 6.45) is 7.64. The van der Waals surface area contributed by atoms with E-state index in [4.69, 9.17) is 0 Å². The maximum atomic E-state index is 12.6. The predicted octanol–water partition coefficient (Wildman–Crippen LogP) is 4.78. The predicted molar refractivity (Wildman–Crippen MR) is 112 cm³/mol. The summed E-state index contributed by atoms with van der Waals surface area (Å²) in [5, 5.41) is 0.783. The Kier molecular flexibility index (Phi) is 6.10. The summed E-state index contributed by atoms with van der Waals surface area (Å²) >= 11 is 1.53. The Bertz CT molecular complexity index is 949. The number of benzene rings is 1. The molecule has 27 heavy (non-hydrogen) atoms. The number of rotatable bonds is 6. The minimum atomic E-state index is -0.307. The Labute approximate surface area is 164 Å². The van der Waals surface area contributed by atoms with Crippen molar-refractivity contribution < 1.29 is 0 Å². The van der Waals surface area contributed by atoms with Gasteiger partial charge in [-0.25, -0.2) is 4.79 Å². The number of aromatic nitrogens is 2. The van der Waals surface area contributed by atoms with Gasteiger partial charge >= 0.3 is 5.69 Å². The fourth-order valence-electron chi connectivity index (χ4n) is 3.72. The molecule has 0 radical (unpaired) electrons. The van der Waals surface area contributed by atoms with Crippen molar-refractivity contribution in [3.05, 3.63) is 67.9 Å². The molecule has 1 atom stereocenters. The van der Waals surface area contributed by atoms with E-state index in [9.17, 15) is 9.59 Å². The fraction of sp³-hybridized carbons (Fsp3) is 0.455. The first-order chi connectivity index (χ1) is 12.8. The molecule has 1 aromatic carbocycles. The third-order valence-corrected chi connectivity index (χ3v) is 6.11. The number of hydrogen-bond acceptors (Lipinski definition) is 3. The maximum absolute atomic E-state index is 12.6. The van der Waals surface area contributed by atoms with Crippen LogP contribution < -0.4 is 11.2 Å². The van der Waals surface area contributed by atoms with E-state index in [1.165, 1.54) is 22.9 Å². The van der Waals surface area contributed by atoms with Crippen LogP contribution in [0, 0.1) is 19.8 Å². The van der Waals surface area contributed by atoms with Gasteiger partial charge in [0.1, 0.15) is 0 Å². The van der Waals surface area contributed by atoms with Gasteiger partial charge in [0.2, 0.25) is 0 Å². The molecule has 0 spiro atoms. The van der Waals surface area contributed by atoms with Crippen molar-refractivity contribution >= 4 is 11.8 Å². The number of hydrogen-bond donors (Lipinski definition) is 1. The minimum Gasteiger partial charge on any atom is -0.287 e. The lowest BCUT2D eigenvalue weighted by Crippen LogP contribution is -2.34. The largest absolute Gasteiger partial charge is 0.329 e. The van der Waals surface area contributed by atoms with Gasteiger partial charge in [0.15, 0.2) is 0 Å². The van der Waals surface area contributed by atoms with Gasteiger partial charge in [-0.2, -0.15) is 0 Å². The average Bonchev–Trinajstić information content (AvgIpc) is 3.06. The van der Waals surface area contributed by atoms with Gasteiger partial charge in [0.05, 0.1) is 10.6 Å². The molecular formula is C22H28N2O2S. The molecule has 0 bridgehead atoms. The van der Waals surface area contributed by atoms with Gasteiger partial charge < -0.3 is 0 Å². The van der Waals surface area contributed by atoms with Crippen molar-refractivity contribution in [3.8, 4) is 0 Å². The summed E-state index contributed by atoms with van der Waals surface area (Å²) in [4.78, 5) is 28.8. The summed E-state index contributed by atoms with van der Waals surface area (Å²) in [5.74, 6) is 0.561. The zero-order valence-corrected chi connectivity index (χ0v) is 17.4. The molecule has 1 aliphatic carbocycles. The van der Waals surface area contributed by atoms with Gasteiger partial charge in [-0.05, 0) is 68.2 Å². The van der Waals surface area contributed by atoms with Crippen LogP contribution in [-0.2, 0) is 6.54 Å². The topological polar surface area (TPSA) is 54.9 Å². The number of H-pyrrole nitrogens is 1. The molecule has 144 valence electrons. The average molecular weight is 385 g/mol.